The van der Waals surface area contributed by atoms with Crippen LogP contribution in [-0.2, 0) is 4.79 Å². The molecule has 7 heteroatoms. The van der Waals surface area contributed by atoms with Gasteiger partial charge in [-0.15, -0.1) is 0 Å². The Kier molecular flexibility index (Phi) is 4.00. The molecule has 96 valence electrons. The van der Waals surface area contributed by atoms with Gasteiger partial charge in [-0.2, -0.15) is 0 Å². The highest BCUT2D eigenvalue weighted by Crippen LogP contribution is 2.25. The van der Waals surface area contributed by atoms with E-state index in [1.54, 1.807) is 12.1 Å². The van der Waals surface area contributed by atoms with E-state index in [1.165, 1.54) is 6.07 Å². The van der Waals surface area contributed by atoms with Gasteiger partial charge >= 0.3 is 0 Å². The van der Waals surface area contributed by atoms with E-state index in [1.807, 2.05) is 22.6 Å². The van der Waals surface area contributed by atoms with Crippen LogP contribution in [0.15, 0.2) is 18.2 Å². The maximum Gasteiger partial charge on any atom is 0.282 e. The number of hydrogen-bond donors (Lipinski definition) is 2. The fourth-order valence-electron chi connectivity index (χ4n) is 1.84. The van der Waals surface area contributed by atoms with Gasteiger partial charge in [-0.05, 0) is 41.1 Å². The number of carbonyl (C=O) groups excluding carboxylic acids is 1. The van der Waals surface area contributed by atoms with Crippen LogP contribution in [0.1, 0.15) is 12.8 Å². The lowest BCUT2D eigenvalue weighted by Gasteiger charge is -2.24. The van der Waals surface area contributed by atoms with Crippen LogP contribution >= 0.6 is 22.6 Å². The van der Waals surface area contributed by atoms with Gasteiger partial charge in [-0.1, -0.05) is 0 Å². The van der Waals surface area contributed by atoms with Gasteiger partial charge in [0.25, 0.3) is 5.69 Å². The van der Waals surface area contributed by atoms with Crippen LogP contribution in [0.3, 0.4) is 0 Å². The molecule has 2 N–H and O–H groups in total. The van der Waals surface area contributed by atoms with Crippen LogP contribution in [0.5, 0.6) is 0 Å². The van der Waals surface area contributed by atoms with Crippen molar-refractivity contribution in [2.24, 2.45) is 0 Å². The van der Waals surface area contributed by atoms with Crippen molar-refractivity contribution >= 4 is 39.9 Å². The van der Waals surface area contributed by atoms with Crippen LogP contribution in [0.25, 0.3) is 0 Å². The maximum atomic E-state index is 11.0. The third-order valence-corrected chi connectivity index (χ3v) is 3.64. The molecule has 1 aliphatic rings. The molecule has 1 aromatic rings. The average Bonchev–Trinajstić information content (AvgIpc) is 2.32. The quantitative estimate of drug-likeness (QED) is 0.489. The first-order valence-corrected chi connectivity index (χ1v) is 6.61. The van der Waals surface area contributed by atoms with Gasteiger partial charge in [-0.25, -0.2) is 0 Å². The maximum absolute atomic E-state index is 11.0. The molecule has 6 nitrogen and oxygen atoms in total. The molecule has 18 heavy (non-hydrogen) atoms. The summed E-state index contributed by atoms with van der Waals surface area (Å²) in [5.74, 6) is 0.0753. The summed E-state index contributed by atoms with van der Waals surface area (Å²) in [5, 5.41) is 16.7. The first-order valence-electron chi connectivity index (χ1n) is 5.53. The molecule has 0 bridgehead atoms. The predicted molar refractivity (Wildman–Crippen MR) is 75.5 cm³/mol. The smallest absolute Gasteiger partial charge is 0.282 e. The summed E-state index contributed by atoms with van der Waals surface area (Å²) in [4.78, 5) is 21.3. The van der Waals surface area contributed by atoms with Crippen LogP contribution in [0.2, 0.25) is 0 Å². The lowest BCUT2D eigenvalue weighted by atomic mass is 10.1. The molecule has 0 saturated carbocycles. The zero-order valence-corrected chi connectivity index (χ0v) is 11.6. The second-order valence-corrected chi connectivity index (χ2v) is 5.27. The Labute approximate surface area is 117 Å². The molecule has 1 saturated heterocycles. The minimum atomic E-state index is -0.396. The number of anilines is 1. The summed E-state index contributed by atoms with van der Waals surface area (Å²) < 4.78 is 0.599. The number of nitrogens with one attached hydrogen (secondary N) is 2. The van der Waals surface area contributed by atoms with Crippen molar-refractivity contribution in [3.8, 4) is 0 Å². The molecule has 0 aromatic heterocycles. The molecule has 0 aliphatic carbocycles. The SMILES string of the molecule is O=C1CCC(Nc2ccc([N+](=O)[O-])c(I)c2)CN1. The molecule has 2 rings (SSSR count). The Morgan fingerprint density at radius 3 is 2.83 bits per heavy atom. The summed E-state index contributed by atoms with van der Waals surface area (Å²) in [5.41, 5.74) is 0.948. The number of nitrogens with zero attached hydrogens (tertiary/aromatic N) is 1. The lowest BCUT2D eigenvalue weighted by Crippen LogP contribution is -2.41. The molecular formula is C11H12IN3O3. The van der Waals surface area contributed by atoms with Crippen LogP contribution in [0, 0.1) is 13.7 Å². The van der Waals surface area contributed by atoms with E-state index in [4.69, 9.17) is 0 Å². The first-order chi connectivity index (χ1) is 8.56. The Morgan fingerprint density at radius 1 is 1.50 bits per heavy atom. The number of piperidine rings is 1. The molecule has 1 aliphatic heterocycles. The van der Waals surface area contributed by atoms with Crippen molar-refractivity contribution in [2.45, 2.75) is 18.9 Å². The third-order valence-electron chi connectivity index (χ3n) is 2.78. The number of hydrogen-bond acceptors (Lipinski definition) is 4. The lowest BCUT2D eigenvalue weighted by molar-refractivity contribution is -0.385. The molecule has 1 heterocycles. The molecule has 1 aromatic carbocycles. The molecule has 0 radical (unpaired) electrons. The highest BCUT2D eigenvalue weighted by Gasteiger charge is 2.18. The fourth-order valence-corrected chi connectivity index (χ4v) is 2.55. The van der Waals surface area contributed by atoms with Gasteiger partial charge in [0, 0.05) is 30.8 Å². The number of carbonyl (C=O) groups is 1. The second kappa shape index (κ2) is 5.51. The van der Waals surface area contributed by atoms with Crippen LogP contribution in [-0.4, -0.2) is 23.4 Å². The summed E-state index contributed by atoms with van der Waals surface area (Å²) in [7, 11) is 0. The van der Waals surface area contributed by atoms with Crippen molar-refractivity contribution in [3.63, 3.8) is 0 Å². The van der Waals surface area contributed by atoms with Crippen molar-refractivity contribution in [3.05, 3.63) is 31.9 Å². The molecule has 0 spiro atoms. The fraction of sp³-hybridized carbons (Fsp3) is 0.364. The summed E-state index contributed by atoms with van der Waals surface area (Å²) in [6.07, 6.45) is 1.29. The van der Waals surface area contributed by atoms with Gasteiger partial charge in [0.1, 0.15) is 0 Å². The molecule has 1 atom stereocenters. The summed E-state index contributed by atoms with van der Waals surface area (Å²) in [6, 6.07) is 5.11. The highest BCUT2D eigenvalue weighted by atomic mass is 127. The Hall–Kier alpha value is -1.38. The van der Waals surface area contributed by atoms with Gasteiger partial charge < -0.3 is 10.6 Å². The molecular weight excluding hydrogens is 349 g/mol. The van der Waals surface area contributed by atoms with E-state index in [2.05, 4.69) is 10.6 Å². The van der Waals surface area contributed by atoms with Crippen molar-refractivity contribution in [2.75, 3.05) is 11.9 Å². The summed E-state index contributed by atoms with van der Waals surface area (Å²) in [6.45, 7) is 0.590. The molecule has 1 fully saturated rings. The Bertz CT molecular complexity index is 482. The zero-order chi connectivity index (χ0) is 13.1. The number of nitro benzene ring substituents is 1. The largest absolute Gasteiger partial charge is 0.380 e. The van der Waals surface area contributed by atoms with E-state index < -0.39 is 4.92 Å². The van der Waals surface area contributed by atoms with Gasteiger partial charge in [0.2, 0.25) is 5.91 Å². The van der Waals surface area contributed by atoms with E-state index in [0.717, 1.165) is 12.1 Å². The second-order valence-electron chi connectivity index (χ2n) is 4.11. The number of halogens is 1. The van der Waals surface area contributed by atoms with E-state index >= 15 is 0 Å². The third kappa shape index (κ3) is 3.09. The Morgan fingerprint density at radius 2 is 2.28 bits per heavy atom. The number of rotatable bonds is 3. The zero-order valence-electron chi connectivity index (χ0n) is 9.48. The van der Waals surface area contributed by atoms with Gasteiger partial charge in [0.15, 0.2) is 0 Å². The van der Waals surface area contributed by atoms with Crippen molar-refractivity contribution in [1.29, 1.82) is 0 Å². The normalized spacial score (nSPS) is 19.2. The highest BCUT2D eigenvalue weighted by molar-refractivity contribution is 14.1. The predicted octanol–water partition coefficient (Wildman–Crippen LogP) is 1.89. The molecule has 1 amide bonds. The van der Waals surface area contributed by atoms with E-state index in [9.17, 15) is 14.9 Å². The van der Waals surface area contributed by atoms with Crippen LogP contribution < -0.4 is 10.6 Å². The number of amides is 1. The monoisotopic (exact) mass is 361 g/mol. The van der Waals surface area contributed by atoms with Gasteiger partial charge in [-0.3, -0.25) is 14.9 Å². The minimum absolute atomic E-state index is 0.0753. The van der Waals surface area contributed by atoms with Gasteiger partial charge in [0.05, 0.1) is 8.49 Å². The minimum Gasteiger partial charge on any atom is -0.380 e. The standard InChI is InChI=1S/C11H12IN3O3/c12-9-5-7(1-3-10(9)15(17)18)14-8-2-4-11(16)13-6-8/h1,3,5,8,14H,2,4,6H2,(H,13,16). The first kappa shape index (κ1) is 13.1. The Balaban J connectivity index is 2.04. The summed E-state index contributed by atoms with van der Waals surface area (Å²) >= 11 is 1.95. The van der Waals surface area contributed by atoms with E-state index in [0.29, 0.717) is 16.5 Å². The molecule has 1 unspecified atom stereocenters. The average molecular weight is 361 g/mol. The topological polar surface area (TPSA) is 84.3 Å². The van der Waals surface area contributed by atoms with E-state index in [-0.39, 0.29) is 17.6 Å². The number of benzene rings is 1. The van der Waals surface area contributed by atoms with Crippen LogP contribution in [0.4, 0.5) is 11.4 Å². The van der Waals surface area contributed by atoms with Crippen molar-refractivity contribution < 1.29 is 9.72 Å². The van der Waals surface area contributed by atoms with Crippen molar-refractivity contribution in [1.82, 2.24) is 5.32 Å². The number of nitro groups is 1.